The Bertz CT molecular complexity index is 1060. The predicted molar refractivity (Wildman–Crippen MR) is 124 cm³/mol. The number of hydrogen-bond donors (Lipinski definition) is 0. The number of methoxy groups -OCH3 is 2. The van der Waals surface area contributed by atoms with Gasteiger partial charge in [-0.25, -0.2) is 4.99 Å². The van der Waals surface area contributed by atoms with Crippen LogP contribution in [0.5, 0.6) is 23.0 Å². The first-order chi connectivity index (χ1) is 15.0. The van der Waals surface area contributed by atoms with Gasteiger partial charge in [0.15, 0.2) is 11.5 Å². The minimum Gasteiger partial charge on any atom is -0.497 e. The zero-order chi connectivity index (χ0) is 22.2. The first-order valence-electron chi connectivity index (χ1n) is 9.94. The summed E-state index contributed by atoms with van der Waals surface area (Å²) in [6, 6.07) is 21.0. The summed E-state index contributed by atoms with van der Waals surface area (Å²) >= 11 is 0. The van der Waals surface area contributed by atoms with Crippen LogP contribution in [0, 0.1) is 13.8 Å². The highest BCUT2D eigenvalue weighted by molar-refractivity contribution is 5.96. The van der Waals surface area contributed by atoms with Crippen LogP contribution >= 0.6 is 0 Å². The molecule has 0 aliphatic heterocycles. The molecule has 0 aromatic heterocycles. The van der Waals surface area contributed by atoms with Gasteiger partial charge in [0.05, 0.1) is 26.2 Å². The normalized spacial score (nSPS) is 11.8. The van der Waals surface area contributed by atoms with E-state index < -0.39 is 0 Å². The van der Waals surface area contributed by atoms with Gasteiger partial charge < -0.3 is 18.9 Å². The molecule has 0 atom stereocenters. The minimum atomic E-state index is 0.435. The number of benzene rings is 3. The van der Waals surface area contributed by atoms with Crippen LogP contribution in [0.1, 0.15) is 18.1 Å². The van der Waals surface area contributed by atoms with E-state index in [4.69, 9.17) is 23.9 Å². The molecule has 0 spiro atoms. The molecule has 0 bridgehead atoms. The Balaban J connectivity index is 1.94. The van der Waals surface area contributed by atoms with E-state index in [2.05, 4.69) is 6.07 Å². The molecule has 5 heteroatoms. The van der Waals surface area contributed by atoms with Gasteiger partial charge in [-0.05, 0) is 80.4 Å². The highest BCUT2D eigenvalue weighted by Gasteiger charge is 2.10. The van der Waals surface area contributed by atoms with Gasteiger partial charge in [0.1, 0.15) is 11.5 Å². The number of aryl methyl sites for hydroxylation is 2. The molecule has 0 aliphatic carbocycles. The SMILES string of the molecule is COc1ccc(N=C(Oc2cc(C)cc(C)c2)C(C)=COc2ccccc2OC)cc1. The van der Waals surface area contributed by atoms with E-state index in [1.165, 1.54) is 0 Å². The van der Waals surface area contributed by atoms with E-state index in [9.17, 15) is 0 Å². The Morgan fingerprint density at radius 1 is 0.774 bits per heavy atom. The van der Waals surface area contributed by atoms with E-state index in [0.29, 0.717) is 17.4 Å². The van der Waals surface area contributed by atoms with Crippen LogP contribution in [0.2, 0.25) is 0 Å². The Kier molecular flexibility index (Phi) is 7.33. The number of hydrogen-bond acceptors (Lipinski definition) is 5. The molecule has 5 nitrogen and oxygen atoms in total. The van der Waals surface area contributed by atoms with Gasteiger partial charge in [0, 0.05) is 5.57 Å². The second-order valence-electron chi connectivity index (χ2n) is 7.11. The minimum absolute atomic E-state index is 0.435. The summed E-state index contributed by atoms with van der Waals surface area (Å²) in [5.74, 6) is 3.18. The summed E-state index contributed by atoms with van der Waals surface area (Å²) in [6.07, 6.45) is 1.61. The Morgan fingerprint density at radius 3 is 2.03 bits per heavy atom. The molecular formula is C26H27NO4. The molecule has 0 unspecified atom stereocenters. The molecule has 160 valence electrons. The molecule has 0 aliphatic rings. The fourth-order valence-electron chi connectivity index (χ4n) is 2.99. The average molecular weight is 418 g/mol. The Hall–Kier alpha value is -3.73. The van der Waals surface area contributed by atoms with Crippen LogP contribution in [0.3, 0.4) is 0 Å². The molecule has 0 heterocycles. The molecule has 3 aromatic carbocycles. The van der Waals surface area contributed by atoms with Gasteiger partial charge in [-0.2, -0.15) is 0 Å². The smallest absolute Gasteiger partial charge is 0.225 e. The van der Waals surface area contributed by atoms with E-state index in [1.807, 2.05) is 81.4 Å². The third-order valence-corrected chi connectivity index (χ3v) is 4.48. The van der Waals surface area contributed by atoms with Gasteiger partial charge in [0.25, 0.3) is 0 Å². The molecule has 0 saturated heterocycles. The van der Waals surface area contributed by atoms with Crippen LogP contribution in [-0.2, 0) is 0 Å². The number of para-hydroxylation sites is 2. The van der Waals surface area contributed by atoms with Crippen molar-refractivity contribution in [2.45, 2.75) is 20.8 Å². The lowest BCUT2D eigenvalue weighted by atomic mass is 10.1. The van der Waals surface area contributed by atoms with Crippen molar-refractivity contribution in [3.05, 3.63) is 89.7 Å². The lowest BCUT2D eigenvalue weighted by molar-refractivity contribution is 0.377. The first kappa shape index (κ1) is 22.0. The van der Waals surface area contributed by atoms with Crippen LogP contribution in [0.15, 0.2) is 83.6 Å². The Morgan fingerprint density at radius 2 is 1.42 bits per heavy atom. The van der Waals surface area contributed by atoms with Crippen molar-refractivity contribution in [3.63, 3.8) is 0 Å². The van der Waals surface area contributed by atoms with Gasteiger partial charge >= 0.3 is 0 Å². The lowest BCUT2D eigenvalue weighted by Crippen LogP contribution is -2.11. The van der Waals surface area contributed by atoms with Crippen molar-refractivity contribution in [3.8, 4) is 23.0 Å². The number of nitrogens with zero attached hydrogens (tertiary/aromatic N) is 1. The second-order valence-corrected chi connectivity index (χ2v) is 7.11. The fraction of sp³-hybridized carbons (Fsp3) is 0.192. The maximum atomic E-state index is 6.18. The van der Waals surface area contributed by atoms with E-state index in [0.717, 1.165) is 33.9 Å². The van der Waals surface area contributed by atoms with E-state index in [1.54, 1.807) is 20.5 Å². The van der Waals surface area contributed by atoms with Crippen molar-refractivity contribution in [2.24, 2.45) is 4.99 Å². The van der Waals surface area contributed by atoms with Gasteiger partial charge in [-0.3, -0.25) is 0 Å². The van der Waals surface area contributed by atoms with Crippen molar-refractivity contribution in [1.82, 2.24) is 0 Å². The van der Waals surface area contributed by atoms with Crippen molar-refractivity contribution in [1.29, 1.82) is 0 Å². The molecule has 3 rings (SSSR count). The number of aliphatic imine (C=N–C) groups is 1. The average Bonchev–Trinajstić information content (AvgIpc) is 2.77. The van der Waals surface area contributed by atoms with Crippen LogP contribution in [0.4, 0.5) is 5.69 Å². The zero-order valence-corrected chi connectivity index (χ0v) is 18.5. The highest BCUT2D eigenvalue weighted by Crippen LogP contribution is 2.27. The van der Waals surface area contributed by atoms with Gasteiger partial charge in [-0.15, -0.1) is 0 Å². The van der Waals surface area contributed by atoms with Crippen molar-refractivity contribution >= 4 is 11.6 Å². The molecule has 0 saturated carbocycles. The molecule has 0 amide bonds. The van der Waals surface area contributed by atoms with E-state index >= 15 is 0 Å². The summed E-state index contributed by atoms with van der Waals surface area (Å²) in [7, 11) is 3.24. The zero-order valence-electron chi connectivity index (χ0n) is 18.5. The third kappa shape index (κ3) is 6.12. The molecule has 31 heavy (non-hydrogen) atoms. The summed E-state index contributed by atoms with van der Waals surface area (Å²) in [5.41, 5.74) is 3.70. The predicted octanol–water partition coefficient (Wildman–Crippen LogP) is 6.41. The van der Waals surface area contributed by atoms with Gasteiger partial charge in [-0.1, -0.05) is 18.2 Å². The summed E-state index contributed by atoms with van der Waals surface area (Å²) < 4.78 is 22.6. The quantitative estimate of drug-likeness (QED) is 0.253. The molecular weight excluding hydrogens is 390 g/mol. The highest BCUT2D eigenvalue weighted by atomic mass is 16.5. The van der Waals surface area contributed by atoms with E-state index in [-0.39, 0.29) is 0 Å². The number of ether oxygens (including phenoxy) is 4. The molecule has 0 N–H and O–H groups in total. The second kappa shape index (κ2) is 10.3. The third-order valence-electron chi connectivity index (χ3n) is 4.48. The Labute approximate surface area is 183 Å². The number of rotatable bonds is 7. The topological polar surface area (TPSA) is 49.3 Å². The van der Waals surface area contributed by atoms with Crippen molar-refractivity contribution < 1.29 is 18.9 Å². The fourth-order valence-corrected chi connectivity index (χ4v) is 2.99. The molecule has 3 aromatic rings. The largest absolute Gasteiger partial charge is 0.497 e. The summed E-state index contributed by atoms with van der Waals surface area (Å²) in [6.45, 7) is 5.96. The van der Waals surface area contributed by atoms with Crippen LogP contribution in [-0.4, -0.2) is 20.1 Å². The van der Waals surface area contributed by atoms with Crippen molar-refractivity contribution in [2.75, 3.05) is 14.2 Å². The maximum absolute atomic E-state index is 6.18. The first-order valence-corrected chi connectivity index (χ1v) is 9.94. The standard InChI is InChI=1S/C26H27NO4/c1-18-14-19(2)16-23(15-18)31-26(27-21-10-12-22(28-4)13-11-21)20(3)17-30-25-9-7-6-8-24(25)29-5/h6-17H,1-5H3. The van der Waals surface area contributed by atoms with Gasteiger partial charge in [0.2, 0.25) is 5.90 Å². The summed E-state index contributed by atoms with van der Waals surface area (Å²) in [4.78, 5) is 4.70. The summed E-state index contributed by atoms with van der Waals surface area (Å²) in [5, 5.41) is 0. The van der Waals surface area contributed by atoms with Crippen LogP contribution < -0.4 is 18.9 Å². The molecule has 0 fully saturated rings. The monoisotopic (exact) mass is 417 g/mol. The maximum Gasteiger partial charge on any atom is 0.225 e. The van der Waals surface area contributed by atoms with Crippen LogP contribution in [0.25, 0.3) is 0 Å². The lowest BCUT2D eigenvalue weighted by Gasteiger charge is -2.12. The molecule has 0 radical (unpaired) electrons.